The Morgan fingerprint density at radius 3 is 2.33 bits per heavy atom. The average Bonchev–Trinajstić information content (AvgIpc) is 1.77. The number of hydrogen-bond acceptors (Lipinski definition) is 3. The third-order valence-corrected chi connectivity index (χ3v) is 0.766. The van der Waals surface area contributed by atoms with Gasteiger partial charge in [0, 0.05) is 26.3 Å². The first kappa shape index (κ1) is 8.40. The Kier molecular flexibility index (Phi) is 3.20. The first-order valence-corrected chi connectivity index (χ1v) is 2.13. The molecule has 51 valence electrons. The predicted molar refractivity (Wildman–Crippen MR) is 27.6 cm³/mol. The number of pyridine rings is 1. The van der Waals surface area contributed by atoms with Gasteiger partial charge in [0.05, 0.1) is 0 Å². The molecule has 0 atom stereocenters. The van der Waals surface area contributed by atoms with Crippen LogP contribution in [-0.2, 0) is 20.1 Å². The molecule has 1 radical (unpaired) electrons. The number of aromatic hydroxyl groups is 2. The van der Waals surface area contributed by atoms with E-state index >= 15 is 0 Å². The van der Waals surface area contributed by atoms with Crippen LogP contribution in [0, 0.1) is 0 Å². The standard InChI is InChI=1S/C5H5NO2.Ir/c7-4-2-1-3-6-5(4)8;/h1-3,7H,(H,6,8);. The van der Waals surface area contributed by atoms with E-state index in [1.165, 1.54) is 18.3 Å². The van der Waals surface area contributed by atoms with E-state index in [4.69, 9.17) is 10.2 Å². The second-order valence-corrected chi connectivity index (χ2v) is 1.35. The fraction of sp³-hybridized carbons (Fsp3) is 0. The van der Waals surface area contributed by atoms with Crippen molar-refractivity contribution in [2.24, 2.45) is 0 Å². The van der Waals surface area contributed by atoms with Gasteiger partial charge in [-0.3, -0.25) is 0 Å². The van der Waals surface area contributed by atoms with E-state index < -0.39 is 0 Å². The van der Waals surface area contributed by atoms with Gasteiger partial charge in [-0.25, -0.2) is 4.98 Å². The van der Waals surface area contributed by atoms with Gasteiger partial charge >= 0.3 is 0 Å². The monoisotopic (exact) mass is 304 g/mol. The molecule has 0 fully saturated rings. The van der Waals surface area contributed by atoms with Crippen molar-refractivity contribution in [3.63, 3.8) is 0 Å². The maximum absolute atomic E-state index is 8.61. The van der Waals surface area contributed by atoms with Gasteiger partial charge in [0.25, 0.3) is 5.88 Å². The molecular weight excluding hydrogens is 298 g/mol. The van der Waals surface area contributed by atoms with Gasteiger partial charge in [0.2, 0.25) is 0 Å². The molecule has 9 heavy (non-hydrogen) atoms. The van der Waals surface area contributed by atoms with Gasteiger partial charge < -0.3 is 10.2 Å². The van der Waals surface area contributed by atoms with Crippen molar-refractivity contribution in [3.8, 4) is 11.6 Å². The van der Waals surface area contributed by atoms with Crippen molar-refractivity contribution < 1.29 is 30.3 Å². The normalized spacial score (nSPS) is 8.00. The summed E-state index contributed by atoms with van der Waals surface area (Å²) in [5, 5.41) is 17.2. The summed E-state index contributed by atoms with van der Waals surface area (Å²) in [5.41, 5.74) is 0. The minimum Gasteiger partial charge on any atom is -0.503 e. The Morgan fingerprint density at radius 2 is 2.00 bits per heavy atom. The zero-order valence-electron chi connectivity index (χ0n) is 4.41. The summed E-state index contributed by atoms with van der Waals surface area (Å²) in [7, 11) is 0. The van der Waals surface area contributed by atoms with Crippen LogP contribution < -0.4 is 0 Å². The topological polar surface area (TPSA) is 53.4 Å². The van der Waals surface area contributed by atoms with Crippen molar-refractivity contribution in [2.75, 3.05) is 0 Å². The number of hydrogen-bond donors (Lipinski definition) is 2. The largest absolute Gasteiger partial charge is 0.503 e. The molecule has 1 rings (SSSR count). The molecule has 0 aromatic carbocycles. The molecule has 0 amide bonds. The zero-order valence-corrected chi connectivity index (χ0v) is 6.80. The van der Waals surface area contributed by atoms with Crippen LogP contribution in [0.15, 0.2) is 18.3 Å². The first-order valence-electron chi connectivity index (χ1n) is 2.13. The van der Waals surface area contributed by atoms with Crippen LogP contribution in [0.1, 0.15) is 0 Å². The Balaban J connectivity index is 0.000000640. The van der Waals surface area contributed by atoms with Crippen molar-refractivity contribution in [2.45, 2.75) is 0 Å². The molecule has 0 saturated heterocycles. The van der Waals surface area contributed by atoms with Gasteiger partial charge in [0.15, 0.2) is 5.75 Å². The minimum atomic E-state index is -0.326. The van der Waals surface area contributed by atoms with Crippen LogP contribution in [0.3, 0.4) is 0 Å². The molecule has 0 aliphatic carbocycles. The van der Waals surface area contributed by atoms with E-state index in [0.29, 0.717) is 0 Å². The second kappa shape index (κ2) is 3.43. The zero-order chi connectivity index (χ0) is 5.98. The quantitative estimate of drug-likeness (QED) is 0.733. The summed E-state index contributed by atoms with van der Waals surface area (Å²) in [5.74, 6) is -0.514. The molecule has 0 unspecified atom stereocenters. The molecule has 1 aromatic rings. The van der Waals surface area contributed by atoms with E-state index in [-0.39, 0.29) is 31.7 Å². The molecule has 0 saturated carbocycles. The number of nitrogens with zero attached hydrogens (tertiary/aromatic N) is 1. The smallest absolute Gasteiger partial charge is 0.254 e. The maximum atomic E-state index is 8.61. The molecule has 2 N–H and O–H groups in total. The van der Waals surface area contributed by atoms with Crippen LogP contribution in [0.5, 0.6) is 11.6 Å². The van der Waals surface area contributed by atoms with Crippen molar-refractivity contribution >= 4 is 0 Å². The summed E-state index contributed by atoms with van der Waals surface area (Å²) in [6, 6.07) is 2.90. The number of aromatic nitrogens is 1. The molecule has 0 aliphatic rings. The third-order valence-electron chi connectivity index (χ3n) is 0.766. The van der Waals surface area contributed by atoms with Gasteiger partial charge in [-0.1, -0.05) is 0 Å². The van der Waals surface area contributed by atoms with E-state index in [1.54, 1.807) is 0 Å². The summed E-state index contributed by atoms with van der Waals surface area (Å²) in [6.45, 7) is 0. The third kappa shape index (κ3) is 1.99. The molecule has 3 nitrogen and oxygen atoms in total. The van der Waals surface area contributed by atoms with Crippen molar-refractivity contribution in [1.29, 1.82) is 0 Å². The van der Waals surface area contributed by atoms with Crippen LogP contribution in [0.2, 0.25) is 0 Å². The minimum absolute atomic E-state index is 0. The Labute approximate surface area is 65.7 Å². The molecule has 0 bridgehead atoms. The Morgan fingerprint density at radius 1 is 1.33 bits per heavy atom. The van der Waals surface area contributed by atoms with E-state index in [2.05, 4.69) is 4.98 Å². The predicted octanol–water partition coefficient (Wildman–Crippen LogP) is 0.490. The average molecular weight is 303 g/mol. The maximum Gasteiger partial charge on any atom is 0.254 e. The van der Waals surface area contributed by atoms with Crippen LogP contribution in [0.4, 0.5) is 0 Å². The molecule has 1 aromatic heterocycles. The molecule has 1 heterocycles. The van der Waals surface area contributed by atoms with Gasteiger partial charge in [-0.15, -0.1) is 0 Å². The van der Waals surface area contributed by atoms with E-state index in [9.17, 15) is 0 Å². The fourth-order valence-corrected chi connectivity index (χ4v) is 0.388. The van der Waals surface area contributed by atoms with Gasteiger partial charge in [-0.2, -0.15) is 0 Å². The molecular formula is C5H5IrNO2. The van der Waals surface area contributed by atoms with E-state index in [0.717, 1.165) is 0 Å². The van der Waals surface area contributed by atoms with Gasteiger partial charge in [0.1, 0.15) is 0 Å². The molecule has 0 aliphatic heterocycles. The van der Waals surface area contributed by atoms with Crippen LogP contribution in [-0.4, -0.2) is 15.2 Å². The molecule has 4 heteroatoms. The second-order valence-electron chi connectivity index (χ2n) is 1.35. The molecule has 0 spiro atoms. The van der Waals surface area contributed by atoms with Crippen molar-refractivity contribution in [1.82, 2.24) is 4.98 Å². The van der Waals surface area contributed by atoms with Crippen LogP contribution in [0.25, 0.3) is 0 Å². The summed E-state index contributed by atoms with van der Waals surface area (Å²) in [6.07, 6.45) is 1.40. The SMILES string of the molecule is Oc1cccnc1O.[Ir]. The van der Waals surface area contributed by atoms with Crippen LogP contribution >= 0.6 is 0 Å². The van der Waals surface area contributed by atoms with Gasteiger partial charge in [-0.05, 0) is 12.1 Å². The fourth-order valence-electron chi connectivity index (χ4n) is 0.388. The summed E-state index contributed by atoms with van der Waals surface area (Å²) < 4.78 is 0. The van der Waals surface area contributed by atoms with E-state index in [1.807, 2.05) is 0 Å². The van der Waals surface area contributed by atoms with Crippen molar-refractivity contribution in [3.05, 3.63) is 18.3 Å². The summed E-state index contributed by atoms with van der Waals surface area (Å²) in [4.78, 5) is 3.38. The number of rotatable bonds is 0. The Hall–Kier alpha value is -0.601. The first-order chi connectivity index (χ1) is 3.80. The Bertz CT molecular complexity index is 171. The summed E-state index contributed by atoms with van der Waals surface area (Å²) >= 11 is 0.